The lowest BCUT2D eigenvalue weighted by Crippen LogP contribution is -2.38. The van der Waals surface area contributed by atoms with Gasteiger partial charge in [0.2, 0.25) is 0 Å². The van der Waals surface area contributed by atoms with E-state index in [1.165, 1.54) is 23.5 Å². The second-order valence-electron chi connectivity index (χ2n) is 8.72. The van der Waals surface area contributed by atoms with Gasteiger partial charge in [0.05, 0.1) is 26.2 Å². The molecule has 16 heteroatoms. The van der Waals surface area contributed by atoms with Crippen LogP contribution in [0.2, 0.25) is 0 Å². The Morgan fingerprint density at radius 3 is 1.58 bits per heavy atom. The lowest BCUT2D eigenvalue weighted by atomic mass is 10.3. The first-order valence-electron chi connectivity index (χ1n) is 13.2. The highest BCUT2D eigenvalue weighted by molar-refractivity contribution is 4.52. The monoisotopic (exact) mass is 556 g/mol. The first-order valence-corrected chi connectivity index (χ1v) is 13.2. The summed E-state index contributed by atoms with van der Waals surface area (Å²) in [7, 11) is 7.28. The van der Waals surface area contributed by atoms with E-state index in [9.17, 15) is 20.8 Å². The Balaban J connectivity index is -0.0000000968. The van der Waals surface area contributed by atoms with Crippen LogP contribution >= 0.6 is 0 Å². The maximum atomic E-state index is 10.8. The summed E-state index contributed by atoms with van der Waals surface area (Å²) in [6, 6.07) is 0.563. The van der Waals surface area contributed by atoms with Crippen LogP contribution in [0.5, 0.6) is 0 Å². The smallest absolute Gasteiger partial charge is 0.737 e. The summed E-state index contributed by atoms with van der Waals surface area (Å²) in [6.07, 6.45) is 3.78. The highest BCUT2D eigenvalue weighted by Gasteiger charge is 2.14. The van der Waals surface area contributed by atoms with E-state index in [1.54, 1.807) is 0 Å². The Hall–Kier alpha value is -2.24. The molecule has 0 fully saturated rings. The summed E-state index contributed by atoms with van der Waals surface area (Å²) >= 11 is 0. The van der Waals surface area contributed by atoms with E-state index in [2.05, 4.69) is 45.7 Å². The maximum absolute atomic E-state index is 10.8. The van der Waals surface area contributed by atoms with E-state index < -0.39 is 0 Å². The van der Waals surface area contributed by atoms with Gasteiger partial charge in [0.15, 0.2) is 0 Å². The molecular formula is C22H60N12O4. The van der Waals surface area contributed by atoms with Gasteiger partial charge >= 0.3 is 2.85 Å². The molecule has 0 radical (unpaired) electrons. The van der Waals surface area contributed by atoms with E-state index in [0.29, 0.717) is 32.1 Å². The fourth-order valence-corrected chi connectivity index (χ4v) is 2.41. The molecule has 8 N–H and O–H groups in total. The molecule has 0 saturated carbocycles. The maximum Gasteiger partial charge on any atom is 1.00 e. The minimum absolute atomic E-state index is 0. The van der Waals surface area contributed by atoms with Crippen molar-refractivity contribution >= 4 is 0 Å². The van der Waals surface area contributed by atoms with Crippen LogP contribution in [0.15, 0.2) is 10.6 Å². The molecule has 38 heavy (non-hydrogen) atoms. The predicted octanol–water partition coefficient (Wildman–Crippen LogP) is 0.697. The average molecular weight is 557 g/mol. The molecule has 0 aromatic carbocycles. The second-order valence-corrected chi connectivity index (χ2v) is 8.72. The quantitative estimate of drug-likeness (QED) is 0.0593. The van der Waals surface area contributed by atoms with Gasteiger partial charge in [0.1, 0.15) is 0 Å². The fourth-order valence-electron chi connectivity index (χ4n) is 2.41. The van der Waals surface area contributed by atoms with Crippen molar-refractivity contribution in [2.45, 2.75) is 65.5 Å². The van der Waals surface area contributed by atoms with Crippen molar-refractivity contribution < 1.29 is 12.8 Å². The van der Waals surface area contributed by atoms with Gasteiger partial charge in [-0.05, 0) is 110 Å². The number of hydrogen-bond acceptors (Lipinski definition) is 12. The minimum Gasteiger partial charge on any atom is -0.737 e. The Labute approximate surface area is 233 Å². The lowest BCUT2D eigenvalue weighted by Gasteiger charge is -2.22. The molecular weight excluding hydrogens is 496 g/mol. The van der Waals surface area contributed by atoms with Crippen molar-refractivity contribution in [1.29, 1.82) is 0 Å². The molecule has 0 aliphatic rings. The highest BCUT2D eigenvalue weighted by atomic mass is 16.6. The number of rotatable bonds is 18. The molecule has 16 nitrogen and oxygen atoms in total. The predicted molar refractivity (Wildman–Crippen MR) is 157 cm³/mol. The molecule has 232 valence electrons. The number of hydrazine groups is 2. The zero-order chi connectivity index (χ0) is 30.2. The van der Waals surface area contributed by atoms with Crippen LogP contribution in [0.4, 0.5) is 0 Å². The van der Waals surface area contributed by atoms with Crippen molar-refractivity contribution in [3.63, 3.8) is 0 Å². The Bertz CT molecular complexity index is 522. The number of nitrogens with one attached hydrogen (secondary N) is 4. The molecule has 0 bridgehead atoms. The molecule has 0 atom stereocenters. The van der Waals surface area contributed by atoms with Crippen LogP contribution in [0.3, 0.4) is 0 Å². The molecule has 0 aliphatic carbocycles. The Kier molecular flexibility index (Phi) is 39.2. The summed E-state index contributed by atoms with van der Waals surface area (Å²) < 4.78 is 0. The van der Waals surface area contributed by atoms with Crippen LogP contribution < -0.4 is 32.7 Å². The summed E-state index contributed by atoms with van der Waals surface area (Å²) in [5.74, 6) is 0. The van der Waals surface area contributed by atoms with Gasteiger partial charge in [-0.1, -0.05) is 13.8 Å². The van der Waals surface area contributed by atoms with Gasteiger partial charge < -0.3 is 53.6 Å². The van der Waals surface area contributed by atoms with Gasteiger partial charge in [-0.2, -0.15) is 5.01 Å². The molecule has 0 saturated heterocycles. The minimum atomic E-state index is -0.0354. The van der Waals surface area contributed by atoms with Crippen molar-refractivity contribution in [2.75, 3.05) is 80.5 Å². The average Bonchev–Trinajstić information content (AvgIpc) is 2.89. The third-order valence-corrected chi connectivity index (χ3v) is 4.53. The van der Waals surface area contributed by atoms with Gasteiger partial charge in [-0.15, -0.1) is 5.01 Å². The number of nitrogens with two attached hydrogens (primary N) is 2. The van der Waals surface area contributed by atoms with Crippen molar-refractivity contribution in [3.05, 3.63) is 20.8 Å². The van der Waals surface area contributed by atoms with E-state index in [4.69, 9.17) is 11.5 Å². The summed E-state index contributed by atoms with van der Waals surface area (Å²) in [5, 5.41) is 60.1. The number of hydrogen-bond donors (Lipinski definition) is 6. The first-order chi connectivity index (χ1) is 18.0. The van der Waals surface area contributed by atoms with Crippen molar-refractivity contribution in [3.8, 4) is 0 Å². The first kappa shape index (κ1) is 42.8. The molecule has 0 amide bonds. The zero-order valence-corrected chi connectivity index (χ0v) is 25.1. The Morgan fingerprint density at radius 1 is 0.737 bits per heavy atom. The van der Waals surface area contributed by atoms with Gasteiger partial charge in [-0.3, -0.25) is 0 Å². The van der Waals surface area contributed by atoms with Gasteiger partial charge in [0, 0.05) is 16.0 Å². The highest BCUT2D eigenvalue weighted by Crippen LogP contribution is 1.99. The summed E-state index contributed by atoms with van der Waals surface area (Å²) in [5.41, 5.74) is 10.5. The standard InChI is InChI=1S/C6H16N4O2.C6H16N2.C5H14N4O2.C5H14N2/c1-6(2)9(5-3-4-7)10(12)8-11;1-6(2)8-5-3-4-7;1-6-4-3-5-8(2)9(11)7-10;1-6-4-3-5-7-2/h6,11H,3-5,7H2,1-2H3;6,8H,3-5,7H2,1-2H3;6,10H,3-5H2,1-2H3;6-7H,3-5H2,1-2H3. The second kappa shape index (κ2) is 34.8. The largest absolute Gasteiger partial charge is 1.00 e. The van der Waals surface area contributed by atoms with E-state index >= 15 is 0 Å². The molecule has 0 heterocycles. The van der Waals surface area contributed by atoms with E-state index in [1.807, 2.05) is 35.0 Å². The normalized spacial score (nSPS) is 11.2. The van der Waals surface area contributed by atoms with Crippen LogP contribution in [0.1, 0.15) is 56.2 Å². The SMILES string of the molecule is CC(C)N(CCCN)[N+]([O-])=N[O-].CC(C)NCCCN.CNCCCN(C)[N+]([O-])=N[O-].CNCCCNC.[H+].[H+]. The van der Waals surface area contributed by atoms with Gasteiger partial charge in [0.25, 0.3) is 0 Å². The van der Waals surface area contributed by atoms with Crippen molar-refractivity contribution in [2.24, 2.45) is 22.0 Å². The Morgan fingerprint density at radius 2 is 1.21 bits per heavy atom. The van der Waals surface area contributed by atoms with Crippen molar-refractivity contribution in [1.82, 2.24) is 31.3 Å². The molecule has 0 spiro atoms. The third-order valence-electron chi connectivity index (χ3n) is 4.53. The third kappa shape index (κ3) is 35.9. The zero-order valence-electron chi connectivity index (χ0n) is 27.1. The molecule has 0 unspecified atom stereocenters. The van der Waals surface area contributed by atoms with E-state index in [-0.39, 0.29) is 18.8 Å². The van der Waals surface area contributed by atoms with Gasteiger partial charge in [-0.25, -0.2) is 0 Å². The van der Waals surface area contributed by atoms with E-state index in [0.717, 1.165) is 45.6 Å². The topological polar surface area (TPSA) is 230 Å². The van der Waals surface area contributed by atoms with Crippen LogP contribution in [-0.4, -0.2) is 113 Å². The van der Waals surface area contributed by atoms with Crippen LogP contribution in [-0.2, 0) is 0 Å². The lowest BCUT2D eigenvalue weighted by molar-refractivity contribution is -0.697. The molecule has 0 aromatic rings. The fraction of sp³-hybridized carbons (Fsp3) is 1.00. The summed E-state index contributed by atoms with van der Waals surface area (Å²) in [6.45, 7) is 14.3. The number of nitrogens with zero attached hydrogens (tertiary/aromatic N) is 6. The molecule has 0 aliphatic heterocycles. The molecule has 0 aromatic heterocycles. The van der Waals surface area contributed by atoms with Crippen LogP contribution in [0.25, 0.3) is 0 Å². The van der Waals surface area contributed by atoms with Crippen LogP contribution in [0, 0.1) is 20.8 Å². The summed E-state index contributed by atoms with van der Waals surface area (Å²) in [4.78, 5) is 0.107. The molecule has 0 rings (SSSR count).